The molecule has 1 aliphatic rings. The summed E-state index contributed by atoms with van der Waals surface area (Å²) in [5.41, 5.74) is 6.58. The lowest BCUT2D eigenvalue weighted by Crippen LogP contribution is -2.15. The fourth-order valence-electron chi connectivity index (χ4n) is 2.25. The molecule has 0 radical (unpaired) electrons. The standard InChI is InChI=1S/C15H24N2O3S/c1-4-11(18)14-12(16)13(20-9(2)3)15(21-14)17-7-10-5-6-19-8-10/h9-10,17H,4-8,16H2,1-3H3. The Kier molecular flexibility index (Phi) is 5.47. The Morgan fingerprint density at radius 3 is 2.90 bits per heavy atom. The Labute approximate surface area is 129 Å². The molecule has 0 aromatic carbocycles. The van der Waals surface area contributed by atoms with E-state index >= 15 is 0 Å². The van der Waals surface area contributed by atoms with Crippen LogP contribution in [-0.2, 0) is 4.74 Å². The molecule has 1 aliphatic heterocycles. The van der Waals surface area contributed by atoms with Gasteiger partial charge in [0.05, 0.1) is 23.3 Å². The zero-order valence-electron chi connectivity index (χ0n) is 12.9. The van der Waals surface area contributed by atoms with E-state index in [4.69, 9.17) is 15.2 Å². The number of nitrogens with two attached hydrogens (primary N) is 1. The maximum atomic E-state index is 12.0. The molecule has 0 amide bonds. The number of carbonyl (C=O) groups is 1. The average molecular weight is 312 g/mol. The van der Waals surface area contributed by atoms with Gasteiger partial charge in [-0.2, -0.15) is 0 Å². The van der Waals surface area contributed by atoms with E-state index in [0.29, 0.717) is 28.7 Å². The van der Waals surface area contributed by atoms with Gasteiger partial charge in [-0.25, -0.2) is 0 Å². The number of hydrogen-bond donors (Lipinski definition) is 2. The predicted octanol–water partition coefficient (Wildman–Crippen LogP) is 3.16. The first-order chi connectivity index (χ1) is 10.0. The number of ether oxygens (including phenoxy) is 2. The van der Waals surface area contributed by atoms with Gasteiger partial charge in [0.1, 0.15) is 5.00 Å². The van der Waals surface area contributed by atoms with Crippen LogP contribution in [0.5, 0.6) is 5.75 Å². The van der Waals surface area contributed by atoms with Crippen molar-refractivity contribution in [3.63, 3.8) is 0 Å². The summed E-state index contributed by atoms with van der Waals surface area (Å²) in [6.45, 7) is 8.17. The van der Waals surface area contributed by atoms with Crippen LogP contribution in [0.15, 0.2) is 0 Å². The lowest BCUT2D eigenvalue weighted by atomic mass is 10.1. The second kappa shape index (κ2) is 7.13. The highest BCUT2D eigenvalue weighted by molar-refractivity contribution is 7.19. The van der Waals surface area contributed by atoms with Gasteiger partial charge in [0.15, 0.2) is 11.5 Å². The van der Waals surface area contributed by atoms with E-state index in [1.165, 1.54) is 11.3 Å². The second-order valence-electron chi connectivity index (χ2n) is 5.56. The maximum Gasteiger partial charge on any atom is 0.177 e. The van der Waals surface area contributed by atoms with Gasteiger partial charge in [0.2, 0.25) is 0 Å². The molecule has 21 heavy (non-hydrogen) atoms. The first kappa shape index (κ1) is 16.1. The van der Waals surface area contributed by atoms with E-state index < -0.39 is 0 Å². The fraction of sp³-hybridized carbons (Fsp3) is 0.667. The van der Waals surface area contributed by atoms with Gasteiger partial charge in [-0.05, 0) is 20.3 Å². The summed E-state index contributed by atoms with van der Waals surface area (Å²) in [5.74, 6) is 1.18. The van der Waals surface area contributed by atoms with E-state index in [9.17, 15) is 4.79 Å². The lowest BCUT2D eigenvalue weighted by Gasteiger charge is -2.14. The molecule has 1 aromatic rings. The largest absolute Gasteiger partial charge is 0.486 e. The van der Waals surface area contributed by atoms with Crippen LogP contribution >= 0.6 is 11.3 Å². The van der Waals surface area contributed by atoms with Crippen LogP contribution in [0.4, 0.5) is 10.7 Å². The Bertz CT molecular complexity index is 493. The Hall–Kier alpha value is -1.27. The van der Waals surface area contributed by atoms with E-state index in [1.807, 2.05) is 20.8 Å². The minimum Gasteiger partial charge on any atom is -0.486 e. The number of carbonyl (C=O) groups excluding carboxylic acids is 1. The van der Waals surface area contributed by atoms with E-state index in [1.54, 1.807) is 0 Å². The van der Waals surface area contributed by atoms with Crippen molar-refractivity contribution in [2.45, 2.75) is 39.7 Å². The van der Waals surface area contributed by atoms with Gasteiger partial charge in [-0.1, -0.05) is 6.92 Å². The summed E-state index contributed by atoms with van der Waals surface area (Å²) in [6, 6.07) is 0. The molecule has 2 heterocycles. The zero-order valence-corrected chi connectivity index (χ0v) is 13.7. The Morgan fingerprint density at radius 2 is 2.33 bits per heavy atom. The van der Waals surface area contributed by atoms with Crippen molar-refractivity contribution >= 4 is 27.8 Å². The van der Waals surface area contributed by atoms with Gasteiger partial charge >= 0.3 is 0 Å². The lowest BCUT2D eigenvalue weighted by molar-refractivity contribution is 0.0992. The number of hydrogen-bond acceptors (Lipinski definition) is 6. The van der Waals surface area contributed by atoms with Crippen molar-refractivity contribution < 1.29 is 14.3 Å². The fourth-order valence-corrected chi connectivity index (χ4v) is 3.32. The van der Waals surface area contributed by atoms with Crippen LogP contribution in [0, 0.1) is 5.92 Å². The van der Waals surface area contributed by atoms with Crippen LogP contribution < -0.4 is 15.8 Å². The number of nitrogens with one attached hydrogen (secondary N) is 1. The molecule has 118 valence electrons. The minimum absolute atomic E-state index is 0.0156. The molecular weight excluding hydrogens is 288 g/mol. The zero-order chi connectivity index (χ0) is 15.4. The number of rotatable bonds is 7. The monoisotopic (exact) mass is 312 g/mol. The highest BCUT2D eigenvalue weighted by atomic mass is 32.1. The third-order valence-electron chi connectivity index (χ3n) is 3.40. The number of thiophene rings is 1. The first-order valence-electron chi connectivity index (χ1n) is 7.46. The number of anilines is 2. The molecule has 5 nitrogen and oxygen atoms in total. The maximum absolute atomic E-state index is 12.0. The summed E-state index contributed by atoms with van der Waals surface area (Å²) >= 11 is 1.39. The van der Waals surface area contributed by atoms with Crippen LogP contribution in [0.1, 0.15) is 43.3 Å². The summed E-state index contributed by atoms with van der Waals surface area (Å²) in [7, 11) is 0. The molecule has 0 saturated carbocycles. The summed E-state index contributed by atoms with van der Waals surface area (Å²) in [4.78, 5) is 12.6. The van der Waals surface area contributed by atoms with Crippen molar-refractivity contribution in [2.24, 2.45) is 5.92 Å². The van der Waals surface area contributed by atoms with Crippen molar-refractivity contribution in [2.75, 3.05) is 30.8 Å². The normalized spacial score (nSPS) is 18.2. The second-order valence-corrected chi connectivity index (χ2v) is 6.58. The van der Waals surface area contributed by atoms with Crippen LogP contribution in [0.25, 0.3) is 0 Å². The predicted molar refractivity (Wildman–Crippen MR) is 86.5 cm³/mol. The molecule has 2 rings (SSSR count). The summed E-state index contributed by atoms with van der Waals surface area (Å²) in [5, 5.41) is 4.23. The van der Waals surface area contributed by atoms with Gasteiger partial charge in [0, 0.05) is 25.5 Å². The van der Waals surface area contributed by atoms with Crippen molar-refractivity contribution in [1.29, 1.82) is 0 Å². The highest BCUT2D eigenvalue weighted by Gasteiger charge is 2.23. The number of ketones is 1. The molecule has 0 spiro atoms. The van der Waals surface area contributed by atoms with E-state index in [2.05, 4.69) is 5.32 Å². The molecule has 6 heteroatoms. The molecule has 1 atom stereocenters. The van der Waals surface area contributed by atoms with Crippen LogP contribution in [0.2, 0.25) is 0 Å². The average Bonchev–Trinajstić information content (AvgIpc) is 3.06. The molecule has 1 unspecified atom stereocenters. The Balaban J connectivity index is 2.17. The SMILES string of the molecule is CCC(=O)c1sc(NCC2CCOC2)c(OC(C)C)c1N. The molecule has 1 fully saturated rings. The Morgan fingerprint density at radius 1 is 1.57 bits per heavy atom. The third-order valence-corrected chi connectivity index (χ3v) is 4.59. The van der Waals surface area contributed by atoms with E-state index in [0.717, 1.165) is 31.2 Å². The third kappa shape index (κ3) is 3.89. The molecule has 1 aromatic heterocycles. The van der Waals surface area contributed by atoms with Gasteiger partial charge in [-0.15, -0.1) is 11.3 Å². The molecule has 0 aliphatic carbocycles. The van der Waals surface area contributed by atoms with Crippen LogP contribution in [-0.4, -0.2) is 31.6 Å². The van der Waals surface area contributed by atoms with Crippen molar-refractivity contribution in [3.8, 4) is 5.75 Å². The smallest absolute Gasteiger partial charge is 0.177 e. The number of nitrogen functional groups attached to an aromatic ring is 1. The van der Waals surface area contributed by atoms with E-state index in [-0.39, 0.29) is 11.9 Å². The molecule has 1 saturated heterocycles. The van der Waals surface area contributed by atoms with Gasteiger partial charge in [0.25, 0.3) is 0 Å². The van der Waals surface area contributed by atoms with Crippen LogP contribution in [0.3, 0.4) is 0 Å². The molecule has 0 bridgehead atoms. The van der Waals surface area contributed by atoms with Crippen molar-refractivity contribution in [3.05, 3.63) is 4.88 Å². The summed E-state index contributed by atoms with van der Waals surface area (Å²) < 4.78 is 11.2. The quantitative estimate of drug-likeness (QED) is 0.757. The minimum atomic E-state index is 0.0156. The molecule has 3 N–H and O–H groups in total. The first-order valence-corrected chi connectivity index (χ1v) is 8.28. The molecular formula is C15H24N2O3S. The highest BCUT2D eigenvalue weighted by Crippen LogP contribution is 2.43. The topological polar surface area (TPSA) is 73.6 Å². The van der Waals surface area contributed by atoms with Gasteiger partial charge in [-0.3, -0.25) is 4.79 Å². The summed E-state index contributed by atoms with van der Waals surface area (Å²) in [6.07, 6.45) is 1.53. The number of Topliss-reactive ketones (excluding diaryl/α,β-unsaturated/α-hetero) is 1. The van der Waals surface area contributed by atoms with Crippen molar-refractivity contribution in [1.82, 2.24) is 0 Å². The van der Waals surface area contributed by atoms with Gasteiger partial charge < -0.3 is 20.5 Å².